The van der Waals surface area contributed by atoms with Crippen LogP contribution in [0.4, 0.5) is 10.5 Å². The topological polar surface area (TPSA) is 57.3 Å². The highest BCUT2D eigenvalue weighted by Gasteiger charge is 2.23. The number of likely N-dealkylation sites (tertiary alicyclic amines) is 1. The summed E-state index contributed by atoms with van der Waals surface area (Å²) < 4.78 is 0. The van der Waals surface area contributed by atoms with Crippen molar-refractivity contribution in [1.82, 2.24) is 15.2 Å². The average molecular weight is 479 g/mol. The van der Waals surface area contributed by atoms with Gasteiger partial charge in [0, 0.05) is 29.6 Å². The van der Waals surface area contributed by atoms with Crippen LogP contribution in [0, 0.1) is 6.92 Å². The molecule has 2 amide bonds. The van der Waals surface area contributed by atoms with Crippen LogP contribution < -0.4 is 10.6 Å². The largest absolute Gasteiger partial charge is 0.334 e. The number of pyridine rings is 1. The first kappa shape index (κ1) is 24.0. The van der Waals surface area contributed by atoms with Gasteiger partial charge in [0.2, 0.25) is 0 Å². The molecule has 2 N–H and O–H groups in total. The zero-order chi connectivity index (χ0) is 24.7. The summed E-state index contributed by atoms with van der Waals surface area (Å²) in [7, 11) is 0. The number of urea groups is 1. The Labute approximate surface area is 213 Å². The molecule has 1 unspecified atom stereocenters. The molecule has 3 aromatic carbocycles. The molecule has 1 saturated heterocycles. The van der Waals surface area contributed by atoms with Crippen LogP contribution in [0.15, 0.2) is 91.0 Å². The summed E-state index contributed by atoms with van der Waals surface area (Å²) in [6.45, 7) is 4.90. The fourth-order valence-electron chi connectivity index (χ4n) is 5.34. The van der Waals surface area contributed by atoms with Gasteiger partial charge in [0.15, 0.2) is 0 Å². The number of hydrogen-bond acceptors (Lipinski definition) is 3. The summed E-state index contributed by atoms with van der Waals surface area (Å²) in [5.74, 6) is 0.368. The Bertz CT molecular complexity index is 1250. The molecule has 36 heavy (non-hydrogen) atoms. The SMILES string of the molecule is Cc1cc(NC(=O)NC2CCCN(CCC(c3ccccc3)c3ccccc3)C2)c2ccccc2n1. The third-order valence-corrected chi connectivity index (χ3v) is 7.07. The fourth-order valence-corrected chi connectivity index (χ4v) is 5.34. The molecule has 5 heteroatoms. The molecule has 0 saturated carbocycles. The molecular weight excluding hydrogens is 444 g/mol. The first-order valence-corrected chi connectivity index (χ1v) is 12.9. The van der Waals surface area contributed by atoms with E-state index >= 15 is 0 Å². The predicted molar refractivity (Wildman–Crippen MR) is 147 cm³/mol. The molecule has 184 valence electrons. The maximum atomic E-state index is 12.9. The van der Waals surface area contributed by atoms with E-state index in [2.05, 4.69) is 81.2 Å². The summed E-state index contributed by atoms with van der Waals surface area (Å²) in [5.41, 5.74) is 5.29. The molecule has 1 aliphatic heterocycles. The van der Waals surface area contributed by atoms with Crippen molar-refractivity contribution in [3.05, 3.63) is 108 Å². The van der Waals surface area contributed by atoms with Gasteiger partial charge in [-0.25, -0.2) is 4.79 Å². The van der Waals surface area contributed by atoms with Crippen molar-refractivity contribution >= 4 is 22.6 Å². The van der Waals surface area contributed by atoms with E-state index in [0.717, 1.165) is 61.2 Å². The van der Waals surface area contributed by atoms with E-state index in [1.54, 1.807) is 0 Å². The minimum atomic E-state index is -0.149. The van der Waals surface area contributed by atoms with Crippen LogP contribution in [0.3, 0.4) is 0 Å². The Hall–Kier alpha value is -3.70. The normalized spacial score (nSPS) is 16.2. The van der Waals surface area contributed by atoms with Gasteiger partial charge in [-0.1, -0.05) is 78.9 Å². The van der Waals surface area contributed by atoms with Crippen molar-refractivity contribution in [1.29, 1.82) is 0 Å². The van der Waals surface area contributed by atoms with Gasteiger partial charge in [-0.05, 0) is 62.5 Å². The lowest BCUT2D eigenvalue weighted by atomic mass is 9.88. The van der Waals surface area contributed by atoms with E-state index < -0.39 is 0 Å². The van der Waals surface area contributed by atoms with E-state index in [9.17, 15) is 4.79 Å². The third-order valence-electron chi connectivity index (χ3n) is 7.07. The van der Waals surface area contributed by atoms with Gasteiger partial charge in [0.1, 0.15) is 0 Å². The van der Waals surface area contributed by atoms with Crippen LogP contribution in [0.5, 0.6) is 0 Å². The van der Waals surface area contributed by atoms with Crippen LogP contribution in [-0.4, -0.2) is 41.6 Å². The fraction of sp³-hybridized carbons (Fsp3) is 0.290. The minimum Gasteiger partial charge on any atom is -0.334 e. The Morgan fingerprint density at radius 1 is 0.972 bits per heavy atom. The Kier molecular flexibility index (Phi) is 7.58. The summed E-state index contributed by atoms with van der Waals surface area (Å²) in [6.07, 6.45) is 3.14. The second-order valence-electron chi connectivity index (χ2n) is 9.73. The molecule has 2 heterocycles. The molecular formula is C31H34N4O. The van der Waals surface area contributed by atoms with E-state index in [4.69, 9.17) is 0 Å². The molecule has 5 rings (SSSR count). The predicted octanol–water partition coefficient (Wildman–Crippen LogP) is 6.35. The lowest BCUT2D eigenvalue weighted by Gasteiger charge is -2.34. The monoisotopic (exact) mass is 478 g/mol. The smallest absolute Gasteiger partial charge is 0.319 e. The zero-order valence-electron chi connectivity index (χ0n) is 20.9. The first-order valence-electron chi connectivity index (χ1n) is 12.9. The standard InChI is InChI=1S/C31H34N4O/c1-23-21-30(28-16-8-9-17-29(28)32-23)34-31(36)33-26-15-10-19-35(22-26)20-18-27(24-11-4-2-5-12-24)25-13-6-3-7-14-25/h2-9,11-14,16-17,21,26-27H,10,15,18-20,22H2,1H3,(H2,32,33,34,36). The number of nitrogens with zero attached hydrogens (tertiary/aromatic N) is 2. The Morgan fingerprint density at radius 3 is 2.36 bits per heavy atom. The number of piperidine rings is 1. The number of aryl methyl sites for hydroxylation is 1. The number of hydrogen-bond donors (Lipinski definition) is 2. The van der Waals surface area contributed by atoms with Crippen LogP contribution in [0.1, 0.15) is 42.0 Å². The minimum absolute atomic E-state index is 0.139. The summed E-state index contributed by atoms with van der Waals surface area (Å²) in [4.78, 5) is 20.0. The molecule has 0 radical (unpaired) electrons. The van der Waals surface area contributed by atoms with Crippen LogP contribution in [0.25, 0.3) is 10.9 Å². The van der Waals surface area contributed by atoms with Gasteiger partial charge in [-0.3, -0.25) is 4.98 Å². The molecule has 1 fully saturated rings. The molecule has 0 spiro atoms. The molecule has 1 aromatic heterocycles. The molecule has 0 bridgehead atoms. The highest BCUT2D eigenvalue weighted by Crippen LogP contribution is 2.29. The summed E-state index contributed by atoms with van der Waals surface area (Å²) >= 11 is 0. The number of anilines is 1. The van der Waals surface area contributed by atoms with Crippen LogP contribution in [0.2, 0.25) is 0 Å². The van der Waals surface area contributed by atoms with Crippen LogP contribution >= 0.6 is 0 Å². The van der Waals surface area contributed by atoms with E-state index in [1.807, 2.05) is 37.3 Å². The number of rotatable bonds is 7. The quantitative estimate of drug-likeness (QED) is 0.325. The highest BCUT2D eigenvalue weighted by atomic mass is 16.2. The van der Waals surface area contributed by atoms with Gasteiger partial charge in [-0.15, -0.1) is 0 Å². The lowest BCUT2D eigenvalue weighted by Crippen LogP contribution is -2.49. The Balaban J connectivity index is 1.20. The Morgan fingerprint density at radius 2 is 1.64 bits per heavy atom. The maximum absolute atomic E-state index is 12.9. The van der Waals surface area contributed by atoms with Crippen LogP contribution in [-0.2, 0) is 0 Å². The molecule has 4 aromatic rings. The molecule has 5 nitrogen and oxygen atoms in total. The maximum Gasteiger partial charge on any atom is 0.319 e. The number of para-hydroxylation sites is 1. The number of aromatic nitrogens is 1. The number of nitrogens with one attached hydrogen (secondary N) is 2. The van der Waals surface area contributed by atoms with Gasteiger partial charge in [0.25, 0.3) is 0 Å². The van der Waals surface area contributed by atoms with Crippen molar-refractivity contribution in [2.45, 2.75) is 38.1 Å². The average Bonchev–Trinajstić information content (AvgIpc) is 2.90. The van der Waals surface area contributed by atoms with E-state index in [0.29, 0.717) is 5.92 Å². The van der Waals surface area contributed by atoms with Gasteiger partial charge in [-0.2, -0.15) is 0 Å². The van der Waals surface area contributed by atoms with Crippen molar-refractivity contribution < 1.29 is 4.79 Å². The van der Waals surface area contributed by atoms with E-state index in [-0.39, 0.29) is 12.1 Å². The summed E-state index contributed by atoms with van der Waals surface area (Å²) in [6, 6.07) is 31.4. The van der Waals surface area contributed by atoms with Gasteiger partial charge >= 0.3 is 6.03 Å². The number of carbonyl (C=O) groups is 1. The van der Waals surface area contributed by atoms with Crippen molar-refractivity contribution in [3.8, 4) is 0 Å². The van der Waals surface area contributed by atoms with Crippen molar-refractivity contribution in [2.75, 3.05) is 25.0 Å². The van der Waals surface area contributed by atoms with Gasteiger partial charge < -0.3 is 15.5 Å². The third kappa shape index (κ3) is 5.92. The second kappa shape index (κ2) is 11.4. The van der Waals surface area contributed by atoms with Gasteiger partial charge in [0.05, 0.1) is 11.2 Å². The number of amides is 2. The lowest BCUT2D eigenvalue weighted by molar-refractivity contribution is 0.186. The summed E-state index contributed by atoms with van der Waals surface area (Å²) in [5, 5.41) is 7.25. The number of benzene rings is 3. The second-order valence-corrected chi connectivity index (χ2v) is 9.73. The molecule has 1 atom stereocenters. The highest BCUT2D eigenvalue weighted by molar-refractivity contribution is 6.00. The van der Waals surface area contributed by atoms with E-state index in [1.165, 1.54) is 11.1 Å². The van der Waals surface area contributed by atoms with Crippen molar-refractivity contribution in [2.24, 2.45) is 0 Å². The molecule has 1 aliphatic rings. The zero-order valence-corrected chi connectivity index (χ0v) is 20.9. The molecule has 0 aliphatic carbocycles. The number of fused-ring (bicyclic) bond motifs is 1. The van der Waals surface area contributed by atoms with Crippen molar-refractivity contribution in [3.63, 3.8) is 0 Å². The number of carbonyl (C=O) groups excluding carboxylic acids is 1. The first-order chi connectivity index (χ1) is 17.7.